The predicted molar refractivity (Wildman–Crippen MR) is 87.1 cm³/mol. The fourth-order valence-corrected chi connectivity index (χ4v) is 3.18. The van der Waals surface area contributed by atoms with Crippen LogP contribution in [0, 0.1) is 0 Å². The molecular weight excluding hydrogens is 363 g/mol. The average Bonchev–Trinajstić information content (AvgIpc) is 3.36. The van der Waals surface area contributed by atoms with E-state index in [0.29, 0.717) is 31.0 Å². The number of aromatic amines is 1. The molecule has 3 heterocycles. The molecule has 1 aliphatic rings. The number of imidazole rings is 1. The summed E-state index contributed by atoms with van der Waals surface area (Å²) in [5.74, 6) is 1.27. The van der Waals surface area contributed by atoms with Gasteiger partial charge in [0.1, 0.15) is 5.82 Å². The van der Waals surface area contributed by atoms with Crippen molar-refractivity contribution in [3.63, 3.8) is 0 Å². The lowest BCUT2D eigenvalue weighted by molar-refractivity contribution is -0.137. The largest absolute Gasteiger partial charge is 0.416 e. The quantitative estimate of drug-likeness (QED) is 0.724. The molecule has 1 fully saturated rings. The average molecular weight is 379 g/mol. The highest BCUT2D eigenvalue weighted by atomic mass is 19.4. The second kappa shape index (κ2) is 6.78. The van der Waals surface area contributed by atoms with Gasteiger partial charge in [0.05, 0.1) is 24.3 Å². The lowest BCUT2D eigenvalue weighted by Crippen LogP contribution is -2.25. The van der Waals surface area contributed by atoms with Gasteiger partial charge in [-0.15, -0.1) is 0 Å². The van der Waals surface area contributed by atoms with E-state index < -0.39 is 17.8 Å². The van der Waals surface area contributed by atoms with E-state index in [0.717, 1.165) is 18.0 Å². The molecule has 0 aliphatic carbocycles. The van der Waals surface area contributed by atoms with E-state index in [-0.39, 0.29) is 11.9 Å². The number of aromatic nitrogens is 4. The summed E-state index contributed by atoms with van der Waals surface area (Å²) in [7, 11) is 0. The maximum absolute atomic E-state index is 12.7. The highest BCUT2D eigenvalue weighted by molar-refractivity contribution is 5.54. The standard InChI is InChI=1S/C17H16F3N5O2/c18-17(19,20)11-3-1-10(2-4-11)15-23-16(27-24-15)13-7-12(26)8-25(13)9-14-21-5-6-22-14/h1-6,12-13,26H,7-9H2,(H,21,22)/t12-,13+/m1/s1. The van der Waals surface area contributed by atoms with Crippen LogP contribution in [0.5, 0.6) is 0 Å². The van der Waals surface area contributed by atoms with Crippen LogP contribution >= 0.6 is 0 Å². The number of halogens is 3. The molecule has 0 bridgehead atoms. The Morgan fingerprint density at radius 1 is 1.26 bits per heavy atom. The second-order valence-corrected chi connectivity index (χ2v) is 6.40. The van der Waals surface area contributed by atoms with Crippen molar-refractivity contribution in [1.82, 2.24) is 25.0 Å². The summed E-state index contributed by atoms with van der Waals surface area (Å²) >= 11 is 0. The van der Waals surface area contributed by atoms with Crippen molar-refractivity contribution in [1.29, 1.82) is 0 Å². The van der Waals surface area contributed by atoms with Gasteiger partial charge >= 0.3 is 6.18 Å². The Morgan fingerprint density at radius 3 is 2.70 bits per heavy atom. The minimum absolute atomic E-state index is 0.207. The van der Waals surface area contributed by atoms with Crippen molar-refractivity contribution >= 4 is 0 Å². The SMILES string of the molecule is O[C@@H]1C[C@@H](c2nc(-c3ccc(C(F)(F)F)cc3)no2)N(Cc2ncc[nH]2)C1. The summed E-state index contributed by atoms with van der Waals surface area (Å²) < 4.78 is 43.4. The minimum atomic E-state index is -4.40. The Labute approximate surface area is 151 Å². The molecule has 10 heteroatoms. The van der Waals surface area contributed by atoms with Crippen molar-refractivity contribution < 1.29 is 22.8 Å². The summed E-state index contributed by atoms with van der Waals surface area (Å²) in [5.41, 5.74) is -0.312. The first-order valence-electron chi connectivity index (χ1n) is 8.32. The van der Waals surface area contributed by atoms with Gasteiger partial charge in [-0.1, -0.05) is 17.3 Å². The number of nitrogens with zero attached hydrogens (tertiary/aromatic N) is 4. The molecule has 1 saturated heterocycles. The van der Waals surface area contributed by atoms with Crippen LogP contribution in [0.2, 0.25) is 0 Å². The number of H-pyrrole nitrogens is 1. The Morgan fingerprint density at radius 2 is 2.04 bits per heavy atom. The Hall–Kier alpha value is -2.72. The van der Waals surface area contributed by atoms with Crippen LogP contribution in [0.4, 0.5) is 13.2 Å². The third-order valence-corrected chi connectivity index (χ3v) is 4.49. The van der Waals surface area contributed by atoms with E-state index in [1.807, 2.05) is 4.90 Å². The summed E-state index contributed by atoms with van der Waals surface area (Å²) in [4.78, 5) is 13.5. The van der Waals surface area contributed by atoms with Crippen LogP contribution in [-0.2, 0) is 12.7 Å². The van der Waals surface area contributed by atoms with E-state index in [1.54, 1.807) is 12.4 Å². The zero-order valence-corrected chi connectivity index (χ0v) is 14.0. The van der Waals surface area contributed by atoms with Gasteiger partial charge in [0, 0.05) is 24.5 Å². The number of benzene rings is 1. The molecule has 3 aromatic rings. The highest BCUT2D eigenvalue weighted by Gasteiger charge is 2.36. The molecule has 0 unspecified atom stereocenters. The van der Waals surface area contributed by atoms with E-state index in [2.05, 4.69) is 20.1 Å². The number of alkyl halides is 3. The van der Waals surface area contributed by atoms with Crippen LogP contribution in [-0.4, -0.2) is 42.8 Å². The van der Waals surface area contributed by atoms with Gasteiger partial charge in [0.25, 0.3) is 0 Å². The van der Waals surface area contributed by atoms with E-state index in [9.17, 15) is 18.3 Å². The molecule has 0 spiro atoms. The van der Waals surface area contributed by atoms with Crippen molar-refractivity contribution in [2.24, 2.45) is 0 Å². The minimum Gasteiger partial charge on any atom is -0.392 e. The van der Waals surface area contributed by atoms with Gasteiger partial charge in [-0.2, -0.15) is 18.2 Å². The zero-order chi connectivity index (χ0) is 19.0. The first-order valence-corrected chi connectivity index (χ1v) is 8.32. The van der Waals surface area contributed by atoms with Crippen molar-refractivity contribution in [3.05, 3.63) is 53.9 Å². The predicted octanol–water partition coefficient (Wildman–Crippen LogP) is 2.79. The maximum atomic E-state index is 12.7. The molecule has 7 nitrogen and oxygen atoms in total. The summed E-state index contributed by atoms with van der Waals surface area (Å²) in [5, 5.41) is 13.9. The van der Waals surface area contributed by atoms with Crippen LogP contribution in [0.25, 0.3) is 11.4 Å². The van der Waals surface area contributed by atoms with Crippen LogP contribution in [0.15, 0.2) is 41.2 Å². The molecule has 1 aliphatic heterocycles. The molecule has 2 N–H and O–H groups in total. The van der Waals surface area contributed by atoms with E-state index in [4.69, 9.17) is 4.52 Å². The van der Waals surface area contributed by atoms with Gasteiger partial charge in [0.15, 0.2) is 0 Å². The summed E-state index contributed by atoms with van der Waals surface area (Å²) in [6.45, 7) is 0.913. The summed E-state index contributed by atoms with van der Waals surface area (Å²) in [6, 6.07) is 4.28. The molecule has 0 saturated carbocycles. The van der Waals surface area contributed by atoms with Crippen molar-refractivity contribution in [2.45, 2.75) is 31.3 Å². The number of nitrogens with one attached hydrogen (secondary N) is 1. The number of hydrogen-bond donors (Lipinski definition) is 2. The number of hydrogen-bond acceptors (Lipinski definition) is 6. The molecule has 2 atom stereocenters. The second-order valence-electron chi connectivity index (χ2n) is 6.40. The topological polar surface area (TPSA) is 91.1 Å². The van der Waals surface area contributed by atoms with Crippen molar-refractivity contribution in [2.75, 3.05) is 6.54 Å². The number of β-amino-alcohol motifs (C(OH)–C–C–N with tert-alkyl or cyclic N) is 1. The first kappa shape index (κ1) is 17.7. The number of aliphatic hydroxyl groups excluding tert-OH is 1. The number of likely N-dealkylation sites (tertiary alicyclic amines) is 1. The molecule has 142 valence electrons. The Bertz CT molecular complexity index is 892. The molecule has 2 aromatic heterocycles. The fourth-order valence-electron chi connectivity index (χ4n) is 3.18. The lowest BCUT2D eigenvalue weighted by Gasteiger charge is -2.19. The van der Waals surface area contributed by atoms with Crippen LogP contribution in [0.1, 0.15) is 29.7 Å². The van der Waals surface area contributed by atoms with E-state index in [1.165, 1.54) is 12.1 Å². The van der Waals surface area contributed by atoms with Crippen molar-refractivity contribution in [3.8, 4) is 11.4 Å². The Kier molecular flexibility index (Phi) is 4.44. The number of rotatable bonds is 4. The van der Waals surface area contributed by atoms with E-state index >= 15 is 0 Å². The molecule has 27 heavy (non-hydrogen) atoms. The molecular formula is C17H16F3N5O2. The monoisotopic (exact) mass is 379 g/mol. The third kappa shape index (κ3) is 3.71. The molecule has 0 amide bonds. The molecule has 0 radical (unpaired) electrons. The maximum Gasteiger partial charge on any atom is 0.416 e. The smallest absolute Gasteiger partial charge is 0.392 e. The lowest BCUT2D eigenvalue weighted by atomic mass is 10.1. The van der Waals surface area contributed by atoms with Gasteiger partial charge < -0.3 is 14.6 Å². The van der Waals surface area contributed by atoms with Crippen LogP contribution < -0.4 is 0 Å². The van der Waals surface area contributed by atoms with Crippen LogP contribution in [0.3, 0.4) is 0 Å². The summed E-state index contributed by atoms with van der Waals surface area (Å²) in [6.07, 6.45) is -1.15. The normalized spacial score (nSPS) is 21.0. The van der Waals surface area contributed by atoms with Gasteiger partial charge in [-0.25, -0.2) is 4.98 Å². The third-order valence-electron chi connectivity index (χ3n) is 4.49. The Balaban J connectivity index is 1.54. The molecule has 4 rings (SSSR count). The van der Waals surface area contributed by atoms with Gasteiger partial charge in [0.2, 0.25) is 11.7 Å². The zero-order valence-electron chi connectivity index (χ0n) is 14.0. The highest BCUT2D eigenvalue weighted by Crippen LogP contribution is 2.34. The number of aliphatic hydroxyl groups is 1. The first-order chi connectivity index (χ1) is 12.9. The fraction of sp³-hybridized carbons (Fsp3) is 0.353. The van der Waals surface area contributed by atoms with Gasteiger partial charge in [-0.3, -0.25) is 4.90 Å². The van der Waals surface area contributed by atoms with Gasteiger partial charge in [-0.05, 0) is 18.6 Å². The molecule has 1 aromatic carbocycles.